The fourth-order valence-corrected chi connectivity index (χ4v) is 2.75. The Morgan fingerprint density at radius 2 is 2.24 bits per heavy atom. The molecule has 0 aromatic carbocycles. The smallest absolute Gasteiger partial charge is 0.258 e. The molecule has 0 N–H and O–H groups in total. The van der Waals surface area contributed by atoms with Gasteiger partial charge in [0.05, 0.1) is 13.2 Å². The summed E-state index contributed by atoms with van der Waals surface area (Å²) in [5.74, 6) is 1.64. The molecule has 1 aliphatic heterocycles. The zero-order valence-electron chi connectivity index (χ0n) is 14.6. The molecule has 0 saturated carbocycles. The van der Waals surface area contributed by atoms with Crippen LogP contribution in [0.25, 0.3) is 11.5 Å². The molecule has 1 aliphatic rings. The Hall–Kier alpha value is -2.25. The molecule has 0 bridgehead atoms. The van der Waals surface area contributed by atoms with E-state index in [2.05, 4.69) is 26.6 Å². The van der Waals surface area contributed by atoms with Crippen LogP contribution in [-0.4, -0.2) is 59.0 Å². The van der Waals surface area contributed by atoms with E-state index in [0.717, 1.165) is 51.3 Å². The SMILES string of the molecule is C=CCCC(CN1CCOCC1)Oc1cc(-c2nc(C)no2)ccn1. The van der Waals surface area contributed by atoms with E-state index in [9.17, 15) is 0 Å². The molecule has 7 nitrogen and oxygen atoms in total. The van der Waals surface area contributed by atoms with Gasteiger partial charge in [-0.25, -0.2) is 4.98 Å². The quantitative estimate of drug-likeness (QED) is 0.681. The fourth-order valence-electron chi connectivity index (χ4n) is 2.75. The van der Waals surface area contributed by atoms with Crippen molar-refractivity contribution >= 4 is 0 Å². The van der Waals surface area contributed by atoms with Crippen LogP contribution in [0.5, 0.6) is 5.88 Å². The first-order valence-electron chi connectivity index (χ1n) is 8.59. The Kier molecular flexibility index (Phi) is 6.14. The predicted molar refractivity (Wildman–Crippen MR) is 93.4 cm³/mol. The second-order valence-corrected chi connectivity index (χ2v) is 6.05. The minimum absolute atomic E-state index is 0.0447. The van der Waals surface area contributed by atoms with E-state index in [4.69, 9.17) is 14.0 Å². The molecule has 0 amide bonds. The zero-order valence-corrected chi connectivity index (χ0v) is 14.6. The van der Waals surface area contributed by atoms with E-state index in [1.54, 1.807) is 13.1 Å². The van der Waals surface area contributed by atoms with Gasteiger partial charge in [-0.15, -0.1) is 6.58 Å². The van der Waals surface area contributed by atoms with Crippen LogP contribution >= 0.6 is 0 Å². The van der Waals surface area contributed by atoms with Crippen molar-refractivity contribution in [1.82, 2.24) is 20.0 Å². The molecule has 134 valence electrons. The van der Waals surface area contributed by atoms with Gasteiger partial charge >= 0.3 is 0 Å². The summed E-state index contributed by atoms with van der Waals surface area (Å²) in [5.41, 5.74) is 0.805. The zero-order chi connectivity index (χ0) is 17.5. The van der Waals surface area contributed by atoms with Crippen molar-refractivity contribution in [3.8, 4) is 17.3 Å². The molecule has 2 aromatic rings. The Morgan fingerprint density at radius 1 is 1.40 bits per heavy atom. The molecule has 0 radical (unpaired) electrons. The summed E-state index contributed by atoms with van der Waals surface area (Å²) < 4.78 is 16.8. The highest BCUT2D eigenvalue weighted by Crippen LogP contribution is 2.22. The lowest BCUT2D eigenvalue weighted by Crippen LogP contribution is -2.42. The molecular formula is C18H24N4O3. The third-order valence-electron chi connectivity index (χ3n) is 4.06. The Bertz CT molecular complexity index is 682. The van der Waals surface area contributed by atoms with Gasteiger partial charge in [0.2, 0.25) is 5.88 Å². The standard InChI is InChI=1S/C18H24N4O3/c1-3-4-5-16(13-22-8-10-23-11-9-22)24-17-12-15(6-7-19-17)18-20-14(2)21-25-18/h3,6-7,12,16H,1,4-5,8-11,13H2,2H3. The molecule has 7 heteroatoms. The molecule has 0 spiro atoms. The van der Waals surface area contributed by atoms with Crippen molar-refractivity contribution < 1.29 is 14.0 Å². The highest BCUT2D eigenvalue weighted by atomic mass is 16.5. The number of allylic oxidation sites excluding steroid dienone is 1. The second kappa shape index (κ2) is 8.73. The number of aromatic nitrogens is 3. The maximum absolute atomic E-state index is 6.16. The minimum Gasteiger partial charge on any atom is -0.473 e. The van der Waals surface area contributed by atoms with Crippen LogP contribution in [0.15, 0.2) is 35.5 Å². The molecule has 0 aliphatic carbocycles. The molecule has 2 aromatic heterocycles. The van der Waals surface area contributed by atoms with Gasteiger partial charge in [-0.3, -0.25) is 4.90 Å². The van der Waals surface area contributed by atoms with Gasteiger partial charge in [0.25, 0.3) is 5.89 Å². The predicted octanol–water partition coefficient (Wildman–Crippen LogP) is 2.49. The van der Waals surface area contributed by atoms with Crippen LogP contribution in [-0.2, 0) is 4.74 Å². The number of nitrogens with zero attached hydrogens (tertiary/aromatic N) is 4. The number of pyridine rings is 1. The van der Waals surface area contributed by atoms with Crippen molar-refractivity contribution in [1.29, 1.82) is 0 Å². The lowest BCUT2D eigenvalue weighted by atomic mass is 10.1. The van der Waals surface area contributed by atoms with E-state index >= 15 is 0 Å². The third-order valence-corrected chi connectivity index (χ3v) is 4.06. The molecular weight excluding hydrogens is 320 g/mol. The van der Waals surface area contributed by atoms with Gasteiger partial charge in [-0.1, -0.05) is 11.2 Å². The topological polar surface area (TPSA) is 73.5 Å². The summed E-state index contributed by atoms with van der Waals surface area (Å²) in [4.78, 5) is 10.9. The first-order valence-corrected chi connectivity index (χ1v) is 8.59. The van der Waals surface area contributed by atoms with E-state index in [1.165, 1.54) is 0 Å². The summed E-state index contributed by atoms with van der Waals surface area (Å²) in [6.07, 6.45) is 5.46. The van der Waals surface area contributed by atoms with Crippen LogP contribution < -0.4 is 4.74 Å². The van der Waals surface area contributed by atoms with Crippen molar-refractivity contribution in [3.63, 3.8) is 0 Å². The Labute approximate surface area is 147 Å². The Morgan fingerprint density at radius 3 is 2.96 bits per heavy atom. The first kappa shape index (κ1) is 17.6. The van der Waals surface area contributed by atoms with Crippen molar-refractivity contribution in [2.45, 2.75) is 25.9 Å². The first-order chi connectivity index (χ1) is 12.2. The molecule has 1 unspecified atom stereocenters. The van der Waals surface area contributed by atoms with E-state index in [0.29, 0.717) is 17.6 Å². The maximum atomic E-state index is 6.16. The van der Waals surface area contributed by atoms with E-state index in [1.807, 2.05) is 18.2 Å². The molecule has 1 atom stereocenters. The number of hydrogen-bond donors (Lipinski definition) is 0. The fraction of sp³-hybridized carbons (Fsp3) is 0.500. The Balaban J connectivity index is 1.68. The molecule has 3 heterocycles. The van der Waals surface area contributed by atoms with Gasteiger partial charge in [-0.05, 0) is 25.8 Å². The van der Waals surface area contributed by atoms with Gasteiger partial charge in [0, 0.05) is 37.5 Å². The minimum atomic E-state index is 0.0447. The lowest BCUT2D eigenvalue weighted by Gasteiger charge is -2.30. The van der Waals surface area contributed by atoms with Crippen LogP contribution in [0.2, 0.25) is 0 Å². The van der Waals surface area contributed by atoms with Crippen LogP contribution in [0.3, 0.4) is 0 Å². The largest absolute Gasteiger partial charge is 0.473 e. The van der Waals surface area contributed by atoms with Gasteiger partial charge in [0.15, 0.2) is 5.82 Å². The monoisotopic (exact) mass is 344 g/mol. The number of ether oxygens (including phenoxy) is 2. The molecule has 1 fully saturated rings. The summed E-state index contributed by atoms with van der Waals surface area (Å²) in [7, 11) is 0. The number of aryl methyl sites for hydroxylation is 1. The highest BCUT2D eigenvalue weighted by molar-refractivity contribution is 5.53. The van der Waals surface area contributed by atoms with E-state index in [-0.39, 0.29) is 6.10 Å². The summed E-state index contributed by atoms with van der Waals surface area (Å²) in [6, 6.07) is 3.67. The van der Waals surface area contributed by atoms with Crippen LogP contribution in [0.4, 0.5) is 0 Å². The van der Waals surface area contributed by atoms with Crippen molar-refractivity contribution in [3.05, 3.63) is 36.8 Å². The average Bonchev–Trinajstić information content (AvgIpc) is 3.07. The van der Waals surface area contributed by atoms with Gasteiger partial charge in [-0.2, -0.15) is 4.98 Å². The van der Waals surface area contributed by atoms with E-state index < -0.39 is 0 Å². The van der Waals surface area contributed by atoms with Crippen molar-refractivity contribution in [2.75, 3.05) is 32.8 Å². The third kappa shape index (κ3) is 5.11. The molecule has 1 saturated heterocycles. The molecule has 3 rings (SSSR count). The maximum Gasteiger partial charge on any atom is 0.258 e. The number of morpholine rings is 1. The average molecular weight is 344 g/mol. The summed E-state index contributed by atoms with van der Waals surface area (Å²) in [6.45, 7) is 9.87. The van der Waals surface area contributed by atoms with Gasteiger partial charge < -0.3 is 14.0 Å². The van der Waals surface area contributed by atoms with Crippen LogP contribution in [0.1, 0.15) is 18.7 Å². The van der Waals surface area contributed by atoms with Gasteiger partial charge in [0.1, 0.15) is 6.10 Å². The van der Waals surface area contributed by atoms with Crippen LogP contribution in [0, 0.1) is 6.92 Å². The highest BCUT2D eigenvalue weighted by Gasteiger charge is 2.19. The summed E-state index contributed by atoms with van der Waals surface area (Å²) >= 11 is 0. The lowest BCUT2D eigenvalue weighted by molar-refractivity contribution is 0.0174. The number of rotatable bonds is 8. The normalized spacial score (nSPS) is 16.5. The number of hydrogen-bond acceptors (Lipinski definition) is 7. The second-order valence-electron chi connectivity index (χ2n) is 6.05. The molecule has 25 heavy (non-hydrogen) atoms. The van der Waals surface area contributed by atoms with Crippen molar-refractivity contribution in [2.24, 2.45) is 0 Å². The summed E-state index contributed by atoms with van der Waals surface area (Å²) in [5, 5.41) is 3.82.